The standard InChI is InChI=1S/C52H37N/c1-4-17-37(18-5-1)48-35-49(40-29-28-36-16-10-11-19-39(36)34-40)51-46-26-14-12-24-44(46)45-25-13-15-27-47(45)52(51)50(48)38-30-32-43(33-31-38)53(41-20-6-2-7-21-41)42-22-8-3-9-23-42/h1-34,48H,35H2. The van der Waals surface area contributed by atoms with Gasteiger partial charge in [0.25, 0.3) is 0 Å². The molecule has 0 heterocycles. The average Bonchev–Trinajstić information content (AvgIpc) is 3.24. The van der Waals surface area contributed by atoms with E-state index in [-0.39, 0.29) is 5.92 Å². The van der Waals surface area contributed by atoms with Crippen LogP contribution in [0.2, 0.25) is 0 Å². The summed E-state index contributed by atoms with van der Waals surface area (Å²) in [5.74, 6) is 0.153. The van der Waals surface area contributed by atoms with Crippen LogP contribution >= 0.6 is 0 Å². The molecule has 10 rings (SSSR count). The SMILES string of the molecule is c1ccc(C2CC(c3ccc4ccccc4c3)=c3c(c4ccccc4c4ccccc34)=C2c2ccc(N(c3ccccc3)c3ccccc3)cc2)cc1. The van der Waals surface area contributed by atoms with E-state index in [0.29, 0.717) is 0 Å². The second-order valence-electron chi connectivity index (χ2n) is 14.0. The van der Waals surface area contributed by atoms with Crippen LogP contribution in [-0.4, -0.2) is 0 Å². The highest BCUT2D eigenvalue weighted by Crippen LogP contribution is 2.42. The fourth-order valence-corrected chi connectivity index (χ4v) is 8.66. The normalized spacial score (nSPS) is 14.1. The summed E-state index contributed by atoms with van der Waals surface area (Å²) in [7, 11) is 0. The summed E-state index contributed by atoms with van der Waals surface area (Å²) in [6, 6.07) is 75.6. The van der Waals surface area contributed by atoms with Crippen molar-refractivity contribution in [2.24, 2.45) is 0 Å². The third-order valence-corrected chi connectivity index (χ3v) is 11.0. The van der Waals surface area contributed by atoms with E-state index in [0.717, 1.165) is 23.5 Å². The third-order valence-electron chi connectivity index (χ3n) is 11.0. The minimum atomic E-state index is 0.153. The van der Waals surface area contributed by atoms with Gasteiger partial charge in [0.1, 0.15) is 0 Å². The Balaban J connectivity index is 1.31. The van der Waals surface area contributed by atoms with Gasteiger partial charge in [0, 0.05) is 23.0 Å². The molecule has 0 spiro atoms. The summed E-state index contributed by atoms with van der Waals surface area (Å²) in [5.41, 5.74) is 10.1. The fourth-order valence-electron chi connectivity index (χ4n) is 8.66. The predicted molar refractivity (Wildman–Crippen MR) is 225 cm³/mol. The number of para-hydroxylation sites is 2. The second-order valence-corrected chi connectivity index (χ2v) is 14.0. The van der Waals surface area contributed by atoms with Gasteiger partial charge in [0.15, 0.2) is 0 Å². The molecule has 0 amide bonds. The molecule has 9 aromatic rings. The van der Waals surface area contributed by atoms with E-state index < -0.39 is 0 Å². The van der Waals surface area contributed by atoms with Crippen LogP contribution in [0.5, 0.6) is 0 Å². The van der Waals surface area contributed by atoms with Crippen molar-refractivity contribution in [3.8, 4) is 0 Å². The molecule has 0 radical (unpaired) electrons. The molecular weight excluding hydrogens is 639 g/mol. The van der Waals surface area contributed by atoms with Gasteiger partial charge in [0.2, 0.25) is 0 Å². The summed E-state index contributed by atoms with van der Waals surface area (Å²) in [5, 5.41) is 10.4. The van der Waals surface area contributed by atoms with Crippen LogP contribution < -0.4 is 15.3 Å². The van der Waals surface area contributed by atoms with E-state index in [4.69, 9.17) is 0 Å². The highest BCUT2D eigenvalue weighted by molar-refractivity contribution is 6.10. The van der Waals surface area contributed by atoms with E-state index >= 15 is 0 Å². The van der Waals surface area contributed by atoms with E-state index in [1.165, 1.54) is 70.6 Å². The molecule has 0 N–H and O–H groups in total. The van der Waals surface area contributed by atoms with Crippen LogP contribution in [0.1, 0.15) is 29.0 Å². The quantitative estimate of drug-likeness (QED) is 0.159. The maximum atomic E-state index is 2.40. The zero-order valence-corrected chi connectivity index (χ0v) is 29.4. The van der Waals surface area contributed by atoms with Crippen LogP contribution in [0.25, 0.3) is 43.5 Å². The van der Waals surface area contributed by atoms with Gasteiger partial charge in [-0.15, -0.1) is 0 Å². The highest BCUT2D eigenvalue weighted by atomic mass is 15.1. The average molecular weight is 676 g/mol. The first-order chi connectivity index (χ1) is 26.3. The minimum absolute atomic E-state index is 0.153. The van der Waals surface area contributed by atoms with Crippen molar-refractivity contribution in [3.63, 3.8) is 0 Å². The third kappa shape index (κ3) is 5.41. The molecule has 1 aliphatic rings. The number of fused-ring (bicyclic) bond motifs is 7. The Bertz CT molecular complexity index is 2850. The molecule has 9 aromatic carbocycles. The Morgan fingerprint density at radius 3 is 1.45 bits per heavy atom. The molecule has 53 heavy (non-hydrogen) atoms. The van der Waals surface area contributed by atoms with E-state index in [2.05, 4.69) is 211 Å². The Kier molecular flexibility index (Phi) is 7.69. The maximum Gasteiger partial charge on any atom is 0.0462 e. The van der Waals surface area contributed by atoms with Gasteiger partial charge >= 0.3 is 0 Å². The molecule has 0 bridgehead atoms. The van der Waals surface area contributed by atoms with Crippen molar-refractivity contribution in [2.75, 3.05) is 4.90 Å². The summed E-state index contributed by atoms with van der Waals surface area (Å²) >= 11 is 0. The molecule has 1 atom stereocenters. The molecule has 1 nitrogen and oxygen atoms in total. The zero-order valence-electron chi connectivity index (χ0n) is 29.4. The van der Waals surface area contributed by atoms with Gasteiger partial charge in [-0.2, -0.15) is 0 Å². The second kappa shape index (κ2) is 13.1. The lowest BCUT2D eigenvalue weighted by molar-refractivity contribution is 0.876. The number of anilines is 3. The van der Waals surface area contributed by atoms with Crippen molar-refractivity contribution in [1.82, 2.24) is 0 Å². The summed E-state index contributed by atoms with van der Waals surface area (Å²) in [4.78, 5) is 2.34. The summed E-state index contributed by atoms with van der Waals surface area (Å²) in [6.07, 6.45) is 0.898. The number of benzene rings is 9. The van der Waals surface area contributed by atoms with Crippen molar-refractivity contribution in [1.29, 1.82) is 0 Å². The van der Waals surface area contributed by atoms with E-state index in [1.54, 1.807) is 0 Å². The highest BCUT2D eigenvalue weighted by Gasteiger charge is 2.28. The van der Waals surface area contributed by atoms with Crippen molar-refractivity contribution in [3.05, 3.63) is 233 Å². The Morgan fingerprint density at radius 2 is 0.830 bits per heavy atom. The lowest BCUT2D eigenvalue weighted by Crippen LogP contribution is -2.37. The lowest BCUT2D eigenvalue weighted by Gasteiger charge is -2.30. The van der Waals surface area contributed by atoms with Gasteiger partial charge in [-0.05, 0) is 119 Å². The monoisotopic (exact) mass is 675 g/mol. The minimum Gasteiger partial charge on any atom is -0.311 e. The van der Waals surface area contributed by atoms with Crippen LogP contribution in [0.3, 0.4) is 0 Å². The topological polar surface area (TPSA) is 3.24 Å². The first kappa shape index (κ1) is 31.1. The lowest BCUT2D eigenvalue weighted by atomic mass is 9.74. The first-order valence-corrected chi connectivity index (χ1v) is 18.5. The Labute approximate surface area is 310 Å². The zero-order chi connectivity index (χ0) is 35.1. The first-order valence-electron chi connectivity index (χ1n) is 18.5. The number of rotatable bonds is 6. The van der Waals surface area contributed by atoms with Gasteiger partial charge in [0.05, 0.1) is 0 Å². The van der Waals surface area contributed by atoms with Gasteiger partial charge < -0.3 is 4.90 Å². The molecule has 1 aliphatic carbocycles. The molecule has 0 saturated heterocycles. The summed E-state index contributed by atoms with van der Waals surface area (Å²) in [6.45, 7) is 0. The summed E-state index contributed by atoms with van der Waals surface area (Å²) < 4.78 is 0. The molecule has 0 aromatic heterocycles. The van der Waals surface area contributed by atoms with Crippen molar-refractivity contribution in [2.45, 2.75) is 12.3 Å². The number of hydrogen-bond donors (Lipinski definition) is 0. The van der Waals surface area contributed by atoms with Gasteiger partial charge in [-0.25, -0.2) is 0 Å². The largest absolute Gasteiger partial charge is 0.311 e. The Hall–Kier alpha value is -6.70. The molecule has 0 saturated carbocycles. The van der Waals surface area contributed by atoms with Gasteiger partial charge in [-0.1, -0.05) is 164 Å². The van der Waals surface area contributed by atoms with Crippen LogP contribution in [-0.2, 0) is 0 Å². The molecular formula is C52H37N. The van der Waals surface area contributed by atoms with Crippen LogP contribution in [0.4, 0.5) is 17.1 Å². The fraction of sp³-hybridized carbons (Fsp3) is 0.0385. The molecule has 0 aliphatic heterocycles. The van der Waals surface area contributed by atoms with Crippen LogP contribution in [0.15, 0.2) is 206 Å². The molecule has 1 heteroatoms. The molecule has 250 valence electrons. The number of nitrogens with zero attached hydrogens (tertiary/aromatic N) is 1. The smallest absolute Gasteiger partial charge is 0.0462 e. The van der Waals surface area contributed by atoms with Gasteiger partial charge in [-0.3, -0.25) is 0 Å². The molecule has 0 fully saturated rings. The van der Waals surface area contributed by atoms with Crippen molar-refractivity contribution < 1.29 is 0 Å². The van der Waals surface area contributed by atoms with E-state index in [1.807, 2.05) is 0 Å². The van der Waals surface area contributed by atoms with E-state index in [9.17, 15) is 0 Å². The van der Waals surface area contributed by atoms with Crippen molar-refractivity contribution >= 4 is 60.5 Å². The number of hydrogen-bond acceptors (Lipinski definition) is 1. The molecule has 1 unspecified atom stereocenters. The Morgan fingerprint density at radius 1 is 0.358 bits per heavy atom. The predicted octanol–water partition coefficient (Wildman–Crippen LogP) is 12.2. The maximum absolute atomic E-state index is 2.40. The van der Waals surface area contributed by atoms with Crippen LogP contribution in [0, 0.1) is 0 Å².